The second kappa shape index (κ2) is 5.05. The fraction of sp³-hybridized carbons (Fsp3) is 1.00. The van der Waals surface area contributed by atoms with Crippen LogP contribution in [-0.4, -0.2) is 38.1 Å². The van der Waals surface area contributed by atoms with Crippen molar-refractivity contribution in [1.29, 1.82) is 0 Å². The summed E-state index contributed by atoms with van der Waals surface area (Å²) in [6.07, 6.45) is 8.53. The molecule has 16 heavy (non-hydrogen) atoms. The lowest BCUT2D eigenvalue weighted by Crippen LogP contribution is -2.44. The van der Waals surface area contributed by atoms with Gasteiger partial charge in [0, 0.05) is 19.1 Å². The van der Waals surface area contributed by atoms with Gasteiger partial charge in [-0.3, -0.25) is 0 Å². The Kier molecular flexibility index (Phi) is 3.91. The van der Waals surface area contributed by atoms with Crippen molar-refractivity contribution in [2.45, 2.75) is 51.5 Å². The monoisotopic (exact) mass is 224 g/mol. The number of nitrogens with one attached hydrogen (secondary N) is 1. The van der Waals surface area contributed by atoms with Gasteiger partial charge in [0.05, 0.1) is 0 Å². The molecule has 0 radical (unpaired) electrons. The van der Waals surface area contributed by atoms with Crippen molar-refractivity contribution in [3.63, 3.8) is 0 Å². The Hall–Kier alpha value is -0.0800. The molecule has 0 aromatic heterocycles. The van der Waals surface area contributed by atoms with Crippen LogP contribution in [0.4, 0.5) is 0 Å². The van der Waals surface area contributed by atoms with E-state index in [1.54, 1.807) is 0 Å². The van der Waals surface area contributed by atoms with Gasteiger partial charge < -0.3 is 10.2 Å². The number of hydrogen-bond donors (Lipinski definition) is 1. The van der Waals surface area contributed by atoms with Crippen LogP contribution in [0.15, 0.2) is 0 Å². The Balaban J connectivity index is 1.88. The van der Waals surface area contributed by atoms with Gasteiger partial charge in [0.25, 0.3) is 0 Å². The minimum absolute atomic E-state index is 0.568. The minimum atomic E-state index is 0.568. The van der Waals surface area contributed by atoms with Crippen molar-refractivity contribution in [1.82, 2.24) is 10.2 Å². The van der Waals surface area contributed by atoms with Crippen LogP contribution in [0.5, 0.6) is 0 Å². The maximum absolute atomic E-state index is 3.76. The van der Waals surface area contributed by atoms with E-state index >= 15 is 0 Å². The van der Waals surface area contributed by atoms with Crippen molar-refractivity contribution >= 4 is 0 Å². The minimum Gasteiger partial charge on any atom is -0.313 e. The summed E-state index contributed by atoms with van der Waals surface area (Å²) in [5.41, 5.74) is 0.568. The first-order valence-electron chi connectivity index (χ1n) is 6.98. The van der Waals surface area contributed by atoms with Crippen LogP contribution < -0.4 is 5.32 Å². The second-order valence-corrected chi connectivity index (χ2v) is 6.58. The third-order valence-corrected chi connectivity index (χ3v) is 4.33. The molecule has 1 N–H and O–H groups in total. The highest BCUT2D eigenvalue weighted by atomic mass is 15.1. The molecule has 0 saturated heterocycles. The third-order valence-electron chi connectivity index (χ3n) is 4.33. The van der Waals surface area contributed by atoms with Crippen LogP contribution >= 0.6 is 0 Å². The molecule has 0 spiro atoms. The molecule has 2 rings (SSSR count). The summed E-state index contributed by atoms with van der Waals surface area (Å²) in [6, 6.07) is 0.860. The van der Waals surface area contributed by atoms with Crippen molar-refractivity contribution in [3.8, 4) is 0 Å². The molecule has 2 fully saturated rings. The zero-order valence-electron chi connectivity index (χ0n) is 11.3. The SMILES string of the molecule is CC1CCC(CNC2CC2)(CN(C)C)CC1. The number of rotatable bonds is 5. The molecule has 0 amide bonds. The van der Waals surface area contributed by atoms with Crippen LogP contribution in [0.2, 0.25) is 0 Å². The highest BCUT2D eigenvalue weighted by molar-refractivity contribution is 4.91. The molecule has 2 aliphatic carbocycles. The van der Waals surface area contributed by atoms with Gasteiger partial charge in [-0.05, 0) is 51.1 Å². The Morgan fingerprint density at radius 1 is 1.12 bits per heavy atom. The molecule has 2 saturated carbocycles. The average molecular weight is 224 g/mol. The van der Waals surface area contributed by atoms with E-state index in [1.165, 1.54) is 51.6 Å². The van der Waals surface area contributed by atoms with Gasteiger partial charge in [-0.1, -0.05) is 19.8 Å². The smallest absolute Gasteiger partial charge is 0.00684 e. The molecule has 94 valence electrons. The zero-order chi connectivity index (χ0) is 11.6. The standard InChI is InChI=1S/C14H28N2/c1-12-6-8-14(9-7-12,11-16(2)3)10-15-13-4-5-13/h12-13,15H,4-11H2,1-3H3. The van der Waals surface area contributed by atoms with Gasteiger partial charge in [0.15, 0.2) is 0 Å². The lowest BCUT2D eigenvalue weighted by Gasteiger charge is -2.41. The quantitative estimate of drug-likeness (QED) is 0.772. The van der Waals surface area contributed by atoms with E-state index in [4.69, 9.17) is 0 Å². The lowest BCUT2D eigenvalue weighted by atomic mass is 9.70. The summed E-state index contributed by atoms with van der Waals surface area (Å²) in [7, 11) is 4.44. The van der Waals surface area contributed by atoms with E-state index in [0.29, 0.717) is 5.41 Å². The summed E-state index contributed by atoms with van der Waals surface area (Å²) in [5.74, 6) is 0.955. The summed E-state index contributed by atoms with van der Waals surface area (Å²) in [4.78, 5) is 2.38. The first kappa shape index (κ1) is 12.4. The predicted molar refractivity (Wildman–Crippen MR) is 69.6 cm³/mol. The van der Waals surface area contributed by atoms with E-state index in [1.807, 2.05) is 0 Å². The van der Waals surface area contributed by atoms with E-state index in [-0.39, 0.29) is 0 Å². The third kappa shape index (κ3) is 3.46. The summed E-state index contributed by atoms with van der Waals surface area (Å²) < 4.78 is 0. The molecular formula is C14H28N2. The van der Waals surface area contributed by atoms with Gasteiger partial charge in [-0.25, -0.2) is 0 Å². The molecule has 0 aromatic carbocycles. The first-order chi connectivity index (χ1) is 7.60. The van der Waals surface area contributed by atoms with Gasteiger partial charge >= 0.3 is 0 Å². The highest BCUT2D eigenvalue weighted by Gasteiger charge is 2.36. The predicted octanol–water partition coefficient (Wildman–Crippen LogP) is 2.50. The lowest BCUT2D eigenvalue weighted by molar-refractivity contribution is 0.109. The Bertz CT molecular complexity index is 213. The largest absolute Gasteiger partial charge is 0.313 e. The fourth-order valence-corrected chi connectivity index (χ4v) is 3.08. The molecule has 0 atom stereocenters. The van der Waals surface area contributed by atoms with Crippen LogP contribution in [0.1, 0.15) is 45.4 Å². The van der Waals surface area contributed by atoms with Gasteiger partial charge in [0.2, 0.25) is 0 Å². The summed E-state index contributed by atoms with van der Waals surface area (Å²) in [5, 5.41) is 3.76. The number of hydrogen-bond acceptors (Lipinski definition) is 2. The normalized spacial score (nSPS) is 35.6. The number of nitrogens with zero attached hydrogens (tertiary/aromatic N) is 1. The first-order valence-corrected chi connectivity index (χ1v) is 6.98. The topological polar surface area (TPSA) is 15.3 Å². The maximum Gasteiger partial charge on any atom is 0.00684 e. The average Bonchev–Trinajstić information content (AvgIpc) is 3.02. The Labute approximate surface area is 101 Å². The van der Waals surface area contributed by atoms with Crippen LogP contribution in [-0.2, 0) is 0 Å². The molecule has 0 bridgehead atoms. The fourth-order valence-electron chi connectivity index (χ4n) is 3.08. The van der Waals surface area contributed by atoms with Crippen molar-refractivity contribution in [2.75, 3.05) is 27.2 Å². The highest BCUT2D eigenvalue weighted by Crippen LogP contribution is 2.39. The molecule has 2 aliphatic rings. The van der Waals surface area contributed by atoms with Crippen molar-refractivity contribution in [2.24, 2.45) is 11.3 Å². The molecule has 2 heteroatoms. The molecule has 0 unspecified atom stereocenters. The van der Waals surface area contributed by atoms with Gasteiger partial charge in [-0.15, -0.1) is 0 Å². The molecule has 0 aromatic rings. The Morgan fingerprint density at radius 3 is 2.25 bits per heavy atom. The van der Waals surface area contributed by atoms with E-state index in [0.717, 1.165) is 12.0 Å². The summed E-state index contributed by atoms with van der Waals surface area (Å²) >= 11 is 0. The molecular weight excluding hydrogens is 196 g/mol. The van der Waals surface area contributed by atoms with Crippen molar-refractivity contribution in [3.05, 3.63) is 0 Å². The van der Waals surface area contributed by atoms with Crippen LogP contribution in [0.3, 0.4) is 0 Å². The van der Waals surface area contributed by atoms with E-state index in [2.05, 4.69) is 31.2 Å². The molecule has 0 aliphatic heterocycles. The molecule has 0 heterocycles. The van der Waals surface area contributed by atoms with E-state index < -0.39 is 0 Å². The zero-order valence-corrected chi connectivity index (χ0v) is 11.3. The second-order valence-electron chi connectivity index (χ2n) is 6.58. The maximum atomic E-state index is 3.76. The van der Waals surface area contributed by atoms with Crippen LogP contribution in [0, 0.1) is 11.3 Å². The molecule has 2 nitrogen and oxygen atoms in total. The van der Waals surface area contributed by atoms with Crippen LogP contribution in [0.25, 0.3) is 0 Å². The van der Waals surface area contributed by atoms with E-state index in [9.17, 15) is 0 Å². The Morgan fingerprint density at radius 2 is 1.75 bits per heavy atom. The van der Waals surface area contributed by atoms with Crippen molar-refractivity contribution < 1.29 is 0 Å². The summed E-state index contributed by atoms with van der Waals surface area (Å²) in [6.45, 7) is 4.93. The van der Waals surface area contributed by atoms with Gasteiger partial charge in [-0.2, -0.15) is 0 Å². The van der Waals surface area contributed by atoms with Gasteiger partial charge in [0.1, 0.15) is 0 Å².